The second kappa shape index (κ2) is 9.19. The number of benzene rings is 2. The van der Waals surface area contributed by atoms with Crippen molar-refractivity contribution >= 4 is 23.1 Å². The summed E-state index contributed by atoms with van der Waals surface area (Å²) in [5.41, 5.74) is 0.840. The highest BCUT2D eigenvalue weighted by atomic mass is 16.6. The Morgan fingerprint density at radius 2 is 1.91 bits per heavy atom. The molecule has 1 amide bonds. The van der Waals surface area contributed by atoms with Gasteiger partial charge in [-0.25, -0.2) is 0 Å². The number of ketones is 1. The van der Waals surface area contributed by atoms with Gasteiger partial charge in [-0.2, -0.15) is 0 Å². The molecule has 1 unspecified atom stereocenters. The van der Waals surface area contributed by atoms with Crippen molar-refractivity contribution in [1.29, 1.82) is 0 Å². The number of quaternary nitrogens is 1. The average Bonchev–Trinajstić information content (AvgIpc) is 3.01. The molecule has 0 bridgehead atoms. The largest absolute Gasteiger partial charge is 0.872 e. The summed E-state index contributed by atoms with van der Waals surface area (Å²) in [4.78, 5) is 39.0. The van der Waals surface area contributed by atoms with Crippen LogP contribution in [0.4, 0.5) is 5.69 Å². The summed E-state index contributed by atoms with van der Waals surface area (Å²) >= 11 is 0. The minimum atomic E-state index is -0.997. The molecule has 9 heteroatoms. The van der Waals surface area contributed by atoms with Crippen LogP contribution in [0.2, 0.25) is 0 Å². The van der Waals surface area contributed by atoms with E-state index in [1.54, 1.807) is 31.2 Å². The Hall–Kier alpha value is -3.72. The van der Waals surface area contributed by atoms with E-state index < -0.39 is 28.4 Å². The first-order chi connectivity index (χ1) is 15.1. The molecule has 168 valence electrons. The normalized spacial score (nSPS) is 17.8. The summed E-state index contributed by atoms with van der Waals surface area (Å²) in [5, 5.41) is 24.8. The van der Waals surface area contributed by atoms with E-state index in [1.165, 1.54) is 30.2 Å². The zero-order valence-electron chi connectivity index (χ0n) is 18.4. The first-order valence-electron chi connectivity index (χ1n) is 10.1. The molecule has 1 aliphatic heterocycles. The standard InChI is InChI=1S/C23H25N3O6/c1-14-12-17(32-4)8-9-18(14)21(27)19-20(15-6-5-7-16(13-15)26(30)31)25(11-10-24(2)3)23(29)22(19)28/h5-9,12-13,20,27H,10-11H2,1-4H3. The summed E-state index contributed by atoms with van der Waals surface area (Å²) in [7, 11) is 5.32. The van der Waals surface area contributed by atoms with Crippen molar-refractivity contribution in [2.45, 2.75) is 13.0 Å². The molecule has 0 aliphatic carbocycles. The number of nitrogens with zero attached hydrogens (tertiary/aromatic N) is 2. The van der Waals surface area contributed by atoms with Gasteiger partial charge in [-0.15, -0.1) is 0 Å². The Bertz CT molecular complexity index is 1110. The van der Waals surface area contributed by atoms with Gasteiger partial charge in [-0.1, -0.05) is 24.0 Å². The van der Waals surface area contributed by atoms with Crippen LogP contribution in [0.25, 0.3) is 5.76 Å². The van der Waals surface area contributed by atoms with Crippen molar-refractivity contribution in [2.24, 2.45) is 0 Å². The maximum absolute atomic E-state index is 13.5. The number of methoxy groups -OCH3 is 1. The molecular weight excluding hydrogens is 414 g/mol. The van der Waals surface area contributed by atoms with E-state index in [4.69, 9.17) is 4.74 Å². The summed E-state index contributed by atoms with van der Waals surface area (Å²) < 4.78 is 5.18. The molecule has 2 aromatic carbocycles. The lowest BCUT2D eigenvalue weighted by Crippen LogP contribution is -3.06. The molecule has 1 saturated heterocycles. The fraction of sp³-hybridized carbons (Fsp3) is 0.304. The molecule has 0 saturated carbocycles. The highest BCUT2D eigenvalue weighted by Crippen LogP contribution is 2.39. The number of Topliss-reactive ketones (excluding diaryl/α,β-unsaturated/α-hetero) is 1. The Kier molecular flexibility index (Phi) is 6.59. The van der Waals surface area contributed by atoms with Gasteiger partial charge in [0.05, 0.1) is 45.3 Å². The fourth-order valence-corrected chi connectivity index (χ4v) is 3.76. The first kappa shape index (κ1) is 23.0. The van der Waals surface area contributed by atoms with Gasteiger partial charge in [0, 0.05) is 17.7 Å². The molecule has 1 heterocycles. The van der Waals surface area contributed by atoms with Gasteiger partial charge in [0.15, 0.2) is 0 Å². The van der Waals surface area contributed by atoms with E-state index >= 15 is 0 Å². The molecule has 0 aromatic heterocycles. The Morgan fingerprint density at radius 3 is 2.50 bits per heavy atom. The van der Waals surface area contributed by atoms with E-state index in [2.05, 4.69) is 0 Å². The van der Waals surface area contributed by atoms with Crippen molar-refractivity contribution < 1.29 is 29.3 Å². The number of likely N-dealkylation sites (N-methyl/N-ethyl adjacent to an activating group) is 1. The number of hydrogen-bond acceptors (Lipinski definition) is 6. The Labute approximate surface area is 185 Å². The van der Waals surface area contributed by atoms with Gasteiger partial charge < -0.3 is 19.6 Å². The molecule has 3 rings (SSSR count). The lowest BCUT2D eigenvalue weighted by Gasteiger charge is -2.28. The topological polar surface area (TPSA) is 117 Å². The number of aryl methyl sites for hydroxylation is 1. The second-order valence-corrected chi connectivity index (χ2v) is 7.96. The smallest absolute Gasteiger partial charge is 0.295 e. The third kappa shape index (κ3) is 4.33. The number of nitro groups is 1. The van der Waals surface area contributed by atoms with Crippen LogP contribution in [0.1, 0.15) is 22.7 Å². The number of nitro benzene ring substituents is 1. The highest BCUT2D eigenvalue weighted by Gasteiger charge is 2.44. The molecule has 9 nitrogen and oxygen atoms in total. The lowest BCUT2D eigenvalue weighted by molar-refractivity contribution is -0.857. The minimum absolute atomic E-state index is 0.181. The Morgan fingerprint density at radius 1 is 1.19 bits per heavy atom. The number of ether oxygens (including phenoxy) is 1. The SMILES string of the molecule is COc1ccc(C([O-])=C2C(=O)C(=O)N(CC[NH+](C)C)C2c2cccc([N+](=O)[O-])c2)c(C)c1. The number of carbonyl (C=O) groups excluding carboxylic acids is 2. The van der Waals surface area contributed by atoms with Crippen molar-refractivity contribution in [3.05, 3.63) is 74.8 Å². The predicted octanol–water partition coefficient (Wildman–Crippen LogP) is 0.280. The van der Waals surface area contributed by atoms with Crippen molar-refractivity contribution in [3.63, 3.8) is 0 Å². The fourth-order valence-electron chi connectivity index (χ4n) is 3.76. The van der Waals surface area contributed by atoms with E-state index in [0.29, 0.717) is 23.4 Å². The Balaban J connectivity index is 2.20. The van der Waals surface area contributed by atoms with Crippen molar-refractivity contribution in [3.8, 4) is 5.75 Å². The van der Waals surface area contributed by atoms with Gasteiger partial charge in [-0.05, 0) is 35.7 Å². The van der Waals surface area contributed by atoms with Gasteiger partial charge in [-0.3, -0.25) is 19.7 Å². The van der Waals surface area contributed by atoms with Crippen LogP contribution >= 0.6 is 0 Å². The number of amides is 1. The maximum atomic E-state index is 13.5. The van der Waals surface area contributed by atoms with Gasteiger partial charge in [0.25, 0.3) is 11.6 Å². The minimum Gasteiger partial charge on any atom is -0.872 e. The number of rotatable bonds is 7. The van der Waals surface area contributed by atoms with Gasteiger partial charge >= 0.3 is 0 Å². The number of nitrogens with one attached hydrogen (secondary N) is 1. The number of carbonyl (C=O) groups is 2. The summed E-state index contributed by atoms with van der Waals surface area (Å²) in [6.07, 6.45) is 0. The molecule has 1 fully saturated rings. The lowest BCUT2D eigenvalue weighted by atomic mass is 9.93. The molecule has 0 radical (unpaired) electrons. The van der Waals surface area contributed by atoms with E-state index in [0.717, 1.165) is 4.90 Å². The maximum Gasteiger partial charge on any atom is 0.295 e. The van der Waals surface area contributed by atoms with Crippen LogP contribution in [0, 0.1) is 17.0 Å². The van der Waals surface area contributed by atoms with Crippen molar-refractivity contribution in [2.75, 3.05) is 34.3 Å². The predicted molar refractivity (Wildman–Crippen MR) is 115 cm³/mol. The van der Waals surface area contributed by atoms with E-state index in [-0.39, 0.29) is 23.4 Å². The van der Waals surface area contributed by atoms with Gasteiger partial charge in [0.1, 0.15) is 5.75 Å². The number of hydrogen-bond donors (Lipinski definition) is 1. The van der Waals surface area contributed by atoms with Crippen LogP contribution in [-0.2, 0) is 9.59 Å². The first-order valence-corrected chi connectivity index (χ1v) is 10.1. The molecular formula is C23H25N3O6. The number of likely N-dealkylation sites (tertiary alicyclic amines) is 1. The quantitative estimate of drug-likeness (QED) is 0.218. The van der Waals surface area contributed by atoms with Crippen LogP contribution in [-0.4, -0.2) is 55.8 Å². The molecule has 1 N–H and O–H groups in total. The monoisotopic (exact) mass is 439 g/mol. The van der Waals surface area contributed by atoms with Crippen LogP contribution in [0.15, 0.2) is 48.0 Å². The highest BCUT2D eigenvalue weighted by molar-refractivity contribution is 6.46. The molecule has 0 spiro atoms. The molecule has 32 heavy (non-hydrogen) atoms. The molecule has 1 atom stereocenters. The van der Waals surface area contributed by atoms with Gasteiger partial charge in [0.2, 0.25) is 5.78 Å². The third-order valence-corrected chi connectivity index (χ3v) is 5.46. The average molecular weight is 439 g/mol. The van der Waals surface area contributed by atoms with Crippen LogP contribution in [0.3, 0.4) is 0 Å². The van der Waals surface area contributed by atoms with Crippen LogP contribution < -0.4 is 14.7 Å². The summed E-state index contributed by atoms with van der Waals surface area (Å²) in [5.74, 6) is -1.67. The van der Waals surface area contributed by atoms with E-state index in [1.807, 2.05) is 14.1 Å². The van der Waals surface area contributed by atoms with Crippen molar-refractivity contribution in [1.82, 2.24) is 4.90 Å². The van der Waals surface area contributed by atoms with Crippen LogP contribution in [0.5, 0.6) is 5.75 Å². The number of non-ortho nitro benzene ring substituents is 1. The molecule has 2 aromatic rings. The second-order valence-electron chi connectivity index (χ2n) is 7.96. The zero-order valence-corrected chi connectivity index (χ0v) is 18.4. The van der Waals surface area contributed by atoms with E-state index in [9.17, 15) is 24.8 Å². The summed E-state index contributed by atoms with van der Waals surface area (Å²) in [6, 6.07) is 9.54. The molecule has 1 aliphatic rings. The third-order valence-electron chi connectivity index (χ3n) is 5.46. The summed E-state index contributed by atoms with van der Waals surface area (Å²) in [6.45, 7) is 2.47. The zero-order chi connectivity index (χ0) is 23.6.